The number of aryl methyl sites for hydroxylation is 1. The fraction of sp³-hybridized carbons (Fsp3) is 0.657. The zero-order chi connectivity index (χ0) is 28.5. The van der Waals surface area contributed by atoms with E-state index in [1.54, 1.807) is 6.92 Å². The van der Waals surface area contributed by atoms with Crippen LogP contribution < -0.4 is 14.2 Å². The van der Waals surface area contributed by atoms with Gasteiger partial charge in [0.05, 0.1) is 6.61 Å². The van der Waals surface area contributed by atoms with Crippen LogP contribution in [-0.4, -0.2) is 12.5 Å². The fourth-order valence-corrected chi connectivity index (χ4v) is 5.18. The van der Waals surface area contributed by atoms with E-state index in [-0.39, 0.29) is 11.3 Å². The molecule has 0 radical (unpaired) electrons. The highest BCUT2D eigenvalue weighted by Gasteiger charge is 2.24. The topological polar surface area (TPSA) is 33.4 Å². The molecule has 0 atom stereocenters. The van der Waals surface area contributed by atoms with E-state index in [1.807, 2.05) is 17.0 Å². The second kappa shape index (κ2) is 18.1. The van der Waals surface area contributed by atoms with Gasteiger partial charge in [-0.3, -0.25) is 4.79 Å². The van der Waals surface area contributed by atoms with Crippen LogP contribution in [0, 0.1) is 0 Å². The van der Waals surface area contributed by atoms with Crippen molar-refractivity contribution in [2.45, 2.75) is 144 Å². The third-order valence-electron chi connectivity index (χ3n) is 7.54. The molecule has 2 rings (SSSR count). The smallest absolute Gasteiger partial charge is 0.224 e. The number of benzene rings is 1. The highest BCUT2D eigenvalue weighted by Crippen LogP contribution is 2.35. The molecule has 1 aromatic carbocycles. The van der Waals surface area contributed by atoms with Gasteiger partial charge in [-0.15, -0.1) is 0 Å². The third-order valence-corrected chi connectivity index (χ3v) is 7.54. The fourth-order valence-electron chi connectivity index (χ4n) is 5.18. The lowest BCUT2D eigenvalue weighted by Crippen LogP contribution is -2.41. The van der Waals surface area contributed by atoms with Gasteiger partial charge in [-0.2, -0.15) is 0 Å². The van der Waals surface area contributed by atoms with Crippen LogP contribution in [0.25, 0.3) is 0 Å². The summed E-state index contributed by atoms with van der Waals surface area (Å²) in [6, 6.07) is 12.5. The van der Waals surface area contributed by atoms with Gasteiger partial charge in [0.25, 0.3) is 0 Å². The third kappa shape index (κ3) is 12.1. The summed E-state index contributed by atoms with van der Waals surface area (Å²) in [6.07, 6.45) is 19.3. The van der Waals surface area contributed by atoms with E-state index in [9.17, 15) is 4.79 Å². The number of hydrogen-bond donors (Lipinski definition) is 0. The number of aromatic nitrogens is 1. The molecule has 218 valence electrons. The molecule has 1 heterocycles. The van der Waals surface area contributed by atoms with Crippen molar-refractivity contribution in [3.05, 3.63) is 53.9 Å². The number of unbranched alkanes of at least 4 members (excludes halogenated alkanes) is 11. The SMILES string of the molecule is CCCCCCCCCCCCCCOc1ccc(N(Cc2cccc[n+]2CCC)C(C)=O)cc1C(C)(C)C. The number of nitrogens with zero attached hydrogens (tertiary/aromatic N) is 2. The van der Waals surface area contributed by atoms with Crippen molar-refractivity contribution in [3.8, 4) is 5.75 Å². The summed E-state index contributed by atoms with van der Waals surface area (Å²) in [5.74, 6) is 0.991. The van der Waals surface area contributed by atoms with Crippen molar-refractivity contribution in [3.63, 3.8) is 0 Å². The molecule has 0 spiro atoms. The van der Waals surface area contributed by atoms with Gasteiger partial charge in [-0.1, -0.05) is 111 Å². The van der Waals surface area contributed by atoms with Crippen molar-refractivity contribution >= 4 is 11.6 Å². The Bertz CT molecular complexity index is 963. The van der Waals surface area contributed by atoms with Crippen LogP contribution in [0.1, 0.15) is 136 Å². The number of rotatable bonds is 19. The number of hydrogen-bond acceptors (Lipinski definition) is 2. The maximum absolute atomic E-state index is 12.8. The Morgan fingerprint density at radius 2 is 1.44 bits per heavy atom. The van der Waals surface area contributed by atoms with E-state index in [1.165, 1.54) is 70.6 Å². The number of ether oxygens (including phenoxy) is 1. The predicted molar refractivity (Wildman–Crippen MR) is 166 cm³/mol. The summed E-state index contributed by atoms with van der Waals surface area (Å²) >= 11 is 0. The highest BCUT2D eigenvalue weighted by molar-refractivity contribution is 5.91. The molecule has 0 bridgehead atoms. The van der Waals surface area contributed by atoms with E-state index in [0.29, 0.717) is 6.54 Å². The van der Waals surface area contributed by atoms with Crippen molar-refractivity contribution in [2.24, 2.45) is 0 Å². The van der Waals surface area contributed by atoms with Crippen molar-refractivity contribution in [1.82, 2.24) is 0 Å². The molecule has 4 nitrogen and oxygen atoms in total. The van der Waals surface area contributed by atoms with Gasteiger partial charge in [0.2, 0.25) is 11.6 Å². The van der Waals surface area contributed by atoms with Crippen molar-refractivity contribution < 1.29 is 14.1 Å². The first-order chi connectivity index (χ1) is 18.8. The standard InChI is InChI=1S/C35H57N2O2/c1-7-9-10-11-12-13-14-15-16-17-18-21-27-39-34-24-23-31(28-33(34)35(4,5)6)37(30(3)38)29-32-22-19-20-26-36(32)25-8-2/h19-20,22-24,26,28H,7-18,21,25,27,29H2,1-6H3/q+1. The average Bonchev–Trinajstić information content (AvgIpc) is 2.90. The van der Waals surface area contributed by atoms with Crippen LogP contribution in [0.4, 0.5) is 5.69 Å². The molecule has 2 aromatic rings. The number of carbonyl (C=O) groups is 1. The van der Waals surface area contributed by atoms with Crippen molar-refractivity contribution in [1.29, 1.82) is 0 Å². The maximum Gasteiger partial charge on any atom is 0.224 e. The summed E-state index contributed by atoms with van der Waals surface area (Å²) in [4.78, 5) is 14.6. The Morgan fingerprint density at radius 3 is 2.00 bits per heavy atom. The molecular weight excluding hydrogens is 480 g/mol. The van der Waals surface area contributed by atoms with Gasteiger partial charge in [0.1, 0.15) is 18.8 Å². The van der Waals surface area contributed by atoms with Crippen molar-refractivity contribution in [2.75, 3.05) is 11.5 Å². The first-order valence-corrected chi connectivity index (χ1v) is 15.8. The number of amides is 1. The van der Waals surface area contributed by atoms with E-state index in [0.717, 1.165) is 48.7 Å². The Kier molecular flexibility index (Phi) is 15.2. The van der Waals surface area contributed by atoms with E-state index in [2.05, 4.69) is 69.6 Å². The van der Waals surface area contributed by atoms with Crippen LogP contribution >= 0.6 is 0 Å². The summed E-state index contributed by atoms with van der Waals surface area (Å²) in [7, 11) is 0. The minimum absolute atomic E-state index is 0.0481. The molecule has 0 aliphatic rings. The second-order valence-corrected chi connectivity index (χ2v) is 12.2. The number of anilines is 1. The normalized spacial score (nSPS) is 11.5. The molecule has 0 saturated carbocycles. The first-order valence-electron chi connectivity index (χ1n) is 15.8. The molecule has 0 saturated heterocycles. The number of pyridine rings is 1. The minimum atomic E-state index is -0.0841. The number of carbonyl (C=O) groups excluding carboxylic acids is 1. The van der Waals surface area contributed by atoms with E-state index < -0.39 is 0 Å². The molecule has 0 aliphatic carbocycles. The molecule has 39 heavy (non-hydrogen) atoms. The first kappa shape index (κ1) is 32.8. The van der Waals surface area contributed by atoms with Crippen LogP contribution in [0.15, 0.2) is 42.6 Å². The molecule has 1 aromatic heterocycles. The molecule has 0 N–H and O–H groups in total. The molecule has 1 amide bonds. The zero-order valence-corrected chi connectivity index (χ0v) is 26.1. The Balaban J connectivity index is 1.90. The quantitative estimate of drug-likeness (QED) is 0.132. The molecule has 0 unspecified atom stereocenters. The van der Waals surface area contributed by atoms with E-state index in [4.69, 9.17) is 4.74 Å². The largest absolute Gasteiger partial charge is 0.493 e. The molecule has 0 aliphatic heterocycles. The summed E-state index contributed by atoms with van der Waals surface area (Å²) in [5.41, 5.74) is 3.13. The van der Waals surface area contributed by atoms with Crippen LogP contribution in [0.5, 0.6) is 5.75 Å². The van der Waals surface area contributed by atoms with Gasteiger partial charge in [-0.05, 0) is 30.0 Å². The second-order valence-electron chi connectivity index (χ2n) is 12.2. The summed E-state index contributed by atoms with van der Waals surface area (Å²) in [6.45, 7) is 15.0. The van der Waals surface area contributed by atoms with Gasteiger partial charge in [0, 0.05) is 36.7 Å². The molecule has 0 fully saturated rings. The lowest BCUT2D eigenvalue weighted by Gasteiger charge is -2.27. The van der Waals surface area contributed by atoms with E-state index >= 15 is 0 Å². The molecule has 4 heteroatoms. The van der Waals surface area contributed by atoms with Crippen LogP contribution in [-0.2, 0) is 23.3 Å². The minimum Gasteiger partial charge on any atom is -0.493 e. The van der Waals surface area contributed by atoms with Gasteiger partial charge in [-0.25, -0.2) is 4.57 Å². The highest BCUT2D eigenvalue weighted by atomic mass is 16.5. The van der Waals surface area contributed by atoms with Gasteiger partial charge in [0.15, 0.2) is 6.20 Å². The predicted octanol–water partition coefficient (Wildman–Crippen LogP) is 9.31. The van der Waals surface area contributed by atoms with Gasteiger partial charge < -0.3 is 9.64 Å². The maximum atomic E-state index is 12.8. The zero-order valence-electron chi connectivity index (χ0n) is 26.1. The lowest BCUT2D eigenvalue weighted by molar-refractivity contribution is -0.704. The average molecular weight is 538 g/mol. The van der Waals surface area contributed by atoms with Crippen LogP contribution in [0.2, 0.25) is 0 Å². The Labute approximate surface area is 240 Å². The Morgan fingerprint density at radius 1 is 0.821 bits per heavy atom. The van der Waals surface area contributed by atoms with Gasteiger partial charge >= 0.3 is 0 Å². The molecular formula is C35H57N2O2+. The summed E-state index contributed by atoms with van der Waals surface area (Å²) in [5, 5.41) is 0. The monoisotopic (exact) mass is 537 g/mol. The van der Waals surface area contributed by atoms with Crippen LogP contribution in [0.3, 0.4) is 0 Å². The summed E-state index contributed by atoms with van der Waals surface area (Å²) < 4.78 is 8.56. The lowest BCUT2D eigenvalue weighted by atomic mass is 9.86. The Hall–Kier alpha value is -2.36.